The maximum atomic E-state index is 5.70. The second-order valence-corrected chi connectivity index (χ2v) is 2.99. The summed E-state index contributed by atoms with van der Waals surface area (Å²) in [6, 6.07) is 18.1. The van der Waals surface area contributed by atoms with Crippen LogP contribution in [-0.2, 0) is 0 Å². The molecule has 0 saturated heterocycles. The Balaban J connectivity index is 0.000000980. The molecule has 0 radical (unpaired) electrons. The van der Waals surface area contributed by atoms with E-state index in [0.29, 0.717) is 0 Å². The van der Waals surface area contributed by atoms with Crippen LogP contribution in [0.2, 0.25) is 0 Å². The van der Waals surface area contributed by atoms with Gasteiger partial charge in [-0.05, 0) is 23.3 Å². The fourth-order valence-corrected chi connectivity index (χ4v) is 1.35. The van der Waals surface area contributed by atoms with Gasteiger partial charge in [-0.3, -0.25) is 0 Å². The van der Waals surface area contributed by atoms with Crippen LogP contribution in [0, 0.1) is 0 Å². The van der Waals surface area contributed by atoms with Gasteiger partial charge in [-0.15, -0.1) is 24.8 Å². The Morgan fingerprint density at radius 2 is 1.27 bits per heavy atom. The molecule has 2 aromatic rings. The molecule has 0 aliphatic rings. The van der Waals surface area contributed by atoms with Gasteiger partial charge in [0.2, 0.25) is 0 Å². The summed E-state index contributed by atoms with van der Waals surface area (Å²) in [5.74, 6) is 0. The molecule has 0 atom stereocenters. The molecule has 80 valence electrons. The van der Waals surface area contributed by atoms with E-state index in [9.17, 15) is 0 Å². The molecule has 0 unspecified atom stereocenters. The quantitative estimate of drug-likeness (QED) is 0.756. The smallest absolute Gasteiger partial charge is 0.0320 e. The minimum Gasteiger partial charge on any atom is -0.399 e. The van der Waals surface area contributed by atoms with Gasteiger partial charge in [0.15, 0.2) is 0 Å². The Kier molecular flexibility index (Phi) is 5.83. The summed E-state index contributed by atoms with van der Waals surface area (Å²) in [4.78, 5) is 0. The first-order valence-corrected chi connectivity index (χ1v) is 4.27. The molecule has 0 spiro atoms. The van der Waals surface area contributed by atoms with E-state index in [-0.39, 0.29) is 24.8 Å². The third-order valence-corrected chi connectivity index (χ3v) is 1.99. The Bertz CT molecular complexity index is 401. The largest absolute Gasteiger partial charge is 0.399 e. The Morgan fingerprint density at radius 1 is 0.667 bits per heavy atom. The first-order valence-electron chi connectivity index (χ1n) is 4.27. The highest BCUT2D eigenvalue weighted by molar-refractivity contribution is 5.85. The molecule has 0 bridgehead atoms. The number of hydrogen-bond donors (Lipinski definition) is 1. The molecule has 0 aliphatic heterocycles. The van der Waals surface area contributed by atoms with Crippen LogP contribution in [0.4, 0.5) is 5.69 Å². The van der Waals surface area contributed by atoms with Crippen LogP contribution in [-0.4, -0.2) is 0 Å². The van der Waals surface area contributed by atoms with E-state index >= 15 is 0 Å². The van der Waals surface area contributed by atoms with E-state index in [2.05, 4.69) is 18.2 Å². The van der Waals surface area contributed by atoms with E-state index in [1.165, 1.54) is 11.1 Å². The number of nitrogen functional groups attached to an aromatic ring is 1. The van der Waals surface area contributed by atoms with Crippen LogP contribution >= 0.6 is 24.8 Å². The predicted octanol–water partition coefficient (Wildman–Crippen LogP) is 3.78. The zero-order valence-electron chi connectivity index (χ0n) is 8.09. The normalized spacial score (nSPS) is 8.53. The van der Waals surface area contributed by atoms with Crippen molar-refractivity contribution in [2.24, 2.45) is 0 Å². The standard InChI is InChI=1S/C12H11N.2ClH/c13-12-8-4-7-11(9-12)10-5-2-1-3-6-10;;/h1-9H,13H2;2*1H. The van der Waals surface area contributed by atoms with Crippen LogP contribution in [0.3, 0.4) is 0 Å². The fraction of sp³-hybridized carbons (Fsp3) is 0. The van der Waals surface area contributed by atoms with Crippen molar-refractivity contribution in [1.29, 1.82) is 0 Å². The van der Waals surface area contributed by atoms with Gasteiger partial charge >= 0.3 is 0 Å². The zero-order chi connectivity index (χ0) is 9.10. The number of halogens is 2. The van der Waals surface area contributed by atoms with Gasteiger partial charge in [-0.1, -0.05) is 42.5 Å². The second kappa shape index (κ2) is 6.33. The molecular formula is C12H13Cl2N. The molecule has 0 aliphatic carbocycles. The zero-order valence-corrected chi connectivity index (χ0v) is 9.72. The van der Waals surface area contributed by atoms with Crippen molar-refractivity contribution in [1.82, 2.24) is 0 Å². The van der Waals surface area contributed by atoms with Crippen LogP contribution in [0.25, 0.3) is 11.1 Å². The lowest BCUT2D eigenvalue weighted by atomic mass is 10.1. The van der Waals surface area contributed by atoms with Gasteiger partial charge < -0.3 is 5.73 Å². The van der Waals surface area contributed by atoms with Gasteiger partial charge in [0.1, 0.15) is 0 Å². The number of benzene rings is 2. The molecule has 2 N–H and O–H groups in total. The average molecular weight is 242 g/mol. The molecule has 2 aromatic carbocycles. The molecule has 0 amide bonds. The molecule has 0 fully saturated rings. The van der Waals surface area contributed by atoms with E-state index < -0.39 is 0 Å². The number of anilines is 1. The summed E-state index contributed by atoms with van der Waals surface area (Å²) in [6.45, 7) is 0. The SMILES string of the molecule is Cl.Cl.Nc1cccc(-c2ccccc2)c1. The minimum atomic E-state index is 0. The van der Waals surface area contributed by atoms with Crippen molar-refractivity contribution < 1.29 is 0 Å². The van der Waals surface area contributed by atoms with Gasteiger partial charge in [-0.2, -0.15) is 0 Å². The first-order chi connectivity index (χ1) is 6.36. The maximum Gasteiger partial charge on any atom is 0.0320 e. The summed E-state index contributed by atoms with van der Waals surface area (Å²) in [5, 5.41) is 0. The Hall–Kier alpha value is -1.18. The van der Waals surface area contributed by atoms with Crippen LogP contribution < -0.4 is 5.73 Å². The lowest BCUT2D eigenvalue weighted by molar-refractivity contribution is 1.61. The second-order valence-electron chi connectivity index (χ2n) is 2.99. The topological polar surface area (TPSA) is 26.0 Å². The lowest BCUT2D eigenvalue weighted by Crippen LogP contribution is -1.84. The highest BCUT2D eigenvalue weighted by Gasteiger charge is 1.94. The molecule has 3 heteroatoms. The molecule has 1 nitrogen and oxygen atoms in total. The van der Waals surface area contributed by atoms with E-state index in [1.807, 2.05) is 36.4 Å². The van der Waals surface area contributed by atoms with Crippen molar-refractivity contribution in [3.63, 3.8) is 0 Å². The van der Waals surface area contributed by atoms with Crippen LogP contribution in [0.15, 0.2) is 54.6 Å². The average Bonchev–Trinajstić information content (AvgIpc) is 2.19. The number of nitrogens with two attached hydrogens (primary N) is 1. The molecule has 15 heavy (non-hydrogen) atoms. The highest BCUT2D eigenvalue weighted by atomic mass is 35.5. The predicted molar refractivity (Wildman–Crippen MR) is 70.8 cm³/mol. The van der Waals surface area contributed by atoms with Crippen molar-refractivity contribution in [3.8, 4) is 11.1 Å². The van der Waals surface area contributed by atoms with Gasteiger partial charge in [-0.25, -0.2) is 0 Å². The molecule has 0 aromatic heterocycles. The first kappa shape index (κ1) is 13.8. The Labute approximate surface area is 102 Å². The van der Waals surface area contributed by atoms with Gasteiger partial charge in [0, 0.05) is 5.69 Å². The highest BCUT2D eigenvalue weighted by Crippen LogP contribution is 2.20. The minimum absolute atomic E-state index is 0. The third-order valence-electron chi connectivity index (χ3n) is 1.99. The fourth-order valence-electron chi connectivity index (χ4n) is 1.35. The van der Waals surface area contributed by atoms with Crippen LogP contribution in [0.1, 0.15) is 0 Å². The van der Waals surface area contributed by atoms with E-state index in [1.54, 1.807) is 0 Å². The summed E-state index contributed by atoms with van der Waals surface area (Å²) >= 11 is 0. The van der Waals surface area contributed by atoms with E-state index in [0.717, 1.165) is 5.69 Å². The summed E-state index contributed by atoms with van der Waals surface area (Å²) < 4.78 is 0. The van der Waals surface area contributed by atoms with Gasteiger partial charge in [0.25, 0.3) is 0 Å². The van der Waals surface area contributed by atoms with Crippen molar-refractivity contribution in [2.45, 2.75) is 0 Å². The van der Waals surface area contributed by atoms with Gasteiger partial charge in [0.05, 0.1) is 0 Å². The number of hydrogen-bond acceptors (Lipinski definition) is 1. The summed E-state index contributed by atoms with van der Waals surface area (Å²) in [7, 11) is 0. The molecule has 2 rings (SSSR count). The molecular weight excluding hydrogens is 229 g/mol. The third kappa shape index (κ3) is 3.46. The maximum absolute atomic E-state index is 5.70. The van der Waals surface area contributed by atoms with Crippen molar-refractivity contribution >= 4 is 30.5 Å². The van der Waals surface area contributed by atoms with E-state index in [4.69, 9.17) is 5.73 Å². The summed E-state index contributed by atoms with van der Waals surface area (Å²) in [5.41, 5.74) is 8.87. The van der Waals surface area contributed by atoms with Crippen molar-refractivity contribution in [3.05, 3.63) is 54.6 Å². The van der Waals surface area contributed by atoms with Crippen LogP contribution in [0.5, 0.6) is 0 Å². The summed E-state index contributed by atoms with van der Waals surface area (Å²) in [6.07, 6.45) is 0. The lowest BCUT2D eigenvalue weighted by Gasteiger charge is -2.01. The Morgan fingerprint density at radius 3 is 1.87 bits per heavy atom. The monoisotopic (exact) mass is 241 g/mol. The molecule has 0 heterocycles. The van der Waals surface area contributed by atoms with Crippen molar-refractivity contribution in [2.75, 3.05) is 5.73 Å². The number of rotatable bonds is 1. The molecule has 0 saturated carbocycles.